The van der Waals surface area contributed by atoms with Gasteiger partial charge in [0.15, 0.2) is 0 Å². The molecule has 22 heavy (non-hydrogen) atoms. The average molecular weight is 303 g/mol. The molecule has 1 aliphatic carbocycles. The van der Waals surface area contributed by atoms with Crippen molar-refractivity contribution in [2.75, 3.05) is 32.5 Å². The van der Waals surface area contributed by atoms with Crippen molar-refractivity contribution in [3.8, 4) is 0 Å². The van der Waals surface area contributed by atoms with Crippen molar-refractivity contribution in [2.24, 2.45) is 5.92 Å². The van der Waals surface area contributed by atoms with Crippen molar-refractivity contribution in [3.05, 3.63) is 29.8 Å². The Morgan fingerprint density at radius 1 is 1.14 bits per heavy atom. The third-order valence-electron chi connectivity index (χ3n) is 4.28. The summed E-state index contributed by atoms with van der Waals surface area (Å²) in [6, 6.07) is 8.33. The van der Waals surface area contributed by atoms with Crippen LogP contribution in [0.2, 0.25) is 0 Å². The van der Waals surface area contributed by atoms with E-state index in [4.69, 9.17) is 0 Å². The minimum Gasteiger partial charge on any atom is -0.384 e. The molecule has 1 aromatic carbocycles. The Bertz CT molecular complexity index is 450. The van der Waals surface area contributed by atoms with E-state index in [1.807, 2.05) is 0 Å². The predicted octanol–water partition coefficient (Wildman–Crippen LogP) is 2.86. The molecule has 0 heterocycles. The molecule has 1 saturated carbocycles. The first-order valence-electron chi connectivity index (χ1n) is 8.40. The van der Waals surface area contributed by atoms with Gasteiger partial charge in [-0.3, -0.25) is 4.79 Å². The summed E-state index contributed by atoms with van der Waals surface area (Å²) in [6.07, 6.45) is 5.80. The Balaban J connectivity index is 1.72. The van der Waals surface area contributed by atoms with Gasteiger partial charge in [0.1, 0.15) is 0 Å². The largest absolute Gasteiger partial charge is 0.384 e. The molecule has 1 fully saturated rings. The van der Waals surface area contributed by atoms with Crippen LogP contribution in [0.4, 0.5) is 5.69 Å². The molecule has 4 nitrogen and oxygen atoms in total. The Kier molecular flexibility index (Phi) is 6.72. The molecule has 1 amide bonds. The molecule has 2 rings (SSSR count). The summed E-state index contributed by atoms with van der Waals surface area (Å²) in [5.74, 6) is 0.466. The monoisotopic (exact) mass is 303 g/mol. The van der Waals surface area contributed by atoms with E-state index in [9.17, 15) is 4.79 Å². The number of amides is 1. The molecule has 0 aromatic heterocycles. The van der Waals surface area contributed by atoms with Gasteiger partial charge in [0, 0.05) is 31.2 Å². The van der Waals surface area contributed by atoms with Crippen molar-refractivity contribution in [1.29, 1.82) is 0 Å². The highest BCUT2D eigenvalue weighted by Gasteiger charge is 2.20. The molecule has 0 unspecified atom stereocenters. The second-order valence-electron chi connectivity index (χ2n) is 6.48. The maximum Gasteiger partial charge on any atom is 0.223 e. The molecule has 0 spiro atoms. The molecule has 1 aliphatic rings. The molecule has 0 saturated heterocycles. The van der Waals surface area contributed by atoms with Crippen LogP contribution in [-0.2, 0) is 11.3 Å². The SMILES string of the molecule is CN(C)CCNc1ccc(CNC(=O)C2CCCCC2)cc1. The topological polar surface area (TPSA) is 44.4 Å². The molecule has 1 aromatic rings. The predicted molar refractivity (Wildman–Crippen MR) is 91.9 cm³/mol. The summed E-state index contributed by atoms with van der Waals surface area (Å²) in [5, 5.41) is 6.47. The molecule has 2 N–H and O–H groups in total. The number of nitrogens with zero attached hydrogens (tertiary/aromatic N) is 1. The van der Waals surface area contributed by atoms with Gasteiger partial charge in [-0.15, -0.1) is 0 Å². The van der Waals surface area contributed by atoms with Gasteiger partial charge in [-0.1, -0.05) is 31.4 Å². The van der Waals surface area contributed by atoms with Crippen molar-refractivity contribution in [3.63, 3.8) is 0 Å². The third-order valence-corrected chi connectivity index (χ3v) is 4.28. The number of rotatable bonds is 7. The smallest absolute Gasteiger partial charge is 0.223 e. The van der Waals surface area contributed by atoms with E-state index in [0.29, 0.717) is 6.54 Å². The second-order valence-corrected chi connectivity index (χ2v) is 6.48. The van der Waals surface area contributed by atoms with Crippen LogP contribution in [0.25, 0.3) is 0 Å². The summed E-state index contributed by atoms with van der Waals surface area (Å²) in [7, 11) is 4.14. The first kappa shape index (κ1) is 16.8. The lowest BCUT2D eigenvalue weighted by atomic mass is 9.88. The van der Waals surface area contributed by atoms with Gasteiger partial charge in [-0.05, 0) is 44.6 Å². The van der Waals surface area contributed by atoms with E-state index in [-0.39, 0.29) is 11.8 Å². The van der Waals surface area contributed by atoms with Crippen molar-refractivity contribution in [1.82, 2.24) is 10.2 Å². The highest BCUT2D eigenvalue weighted by atomic mass is 16.1. The molecule has 0 bridgehead atoms. The summed E-state index contributed by atoms with van der Waals surface area (Å²) in [6.45, 7) is 2.58. The zero-order valence-electron chi connectivity index (χ0n) is 13.9. The Hall–Kier alpha value is -1.55. The summed E-state index contributed by atoms with van der Waals surface area (Å²) < 4.78 is 0. The molecule has 0 aliphatic heterocycles. The maximum atomic E-state index is 12.1. The van der Waals surface area contributed by atoms with Crippen molar-refractivity contribution in [2.45, 2.75) is 38.6 Å². The van der Waals surface area contributed by atoms with Gasteiger partial charge in [-0.2, -0.15) is 0 Å². The number of carbonyl (C=O) groups is 1. The lowest BCUT2D eigenvalue weighted by Gasteiger charge is -2.20. The third kappa shape index (κ3) is 5.68. The first-order valence-corrected chi connectivity index (χ1v) is 8.40. The van der Waals surface area contributed by atoms with Gasteiger partial charge >= 0.3 is 0 Å². The Morgan fingerprint density at radius 2 is 1.82 bits per heavy atom. The van der Waals surface area contributed by atoms with E-state index in [2.05, 4.69) is 53.9 Å². The summed E-state index contributed by atoms with van der Waals surface area (Å²) in [4.78, 5) is 14.3. The van der Waals surface area contributed by atoms with Crippen molar-refractivity contribution < 1.29 is 4.79 Å². The zero-order chi connectivity index (χ0) is 15.8. The van der Waals surface area contributed by atoms with E-state index in [0.717, 1.165) is 37.2 Å². The van der Waals surface area contributed by atoms with E-state index >= 15 is 0 Å². The summed E-state index contributed by atoms with van der Waals surface area (Å²) >= 11 is 0. The number of likely N-dealkylation sites (N-methyl/N-ethyl adjacent to an activating group) is 1. The molecule has 4 heteroatoms. The number of nitrogens with one attached hydrogen (secondary N) is 2. The highest BCUT2D eigenvalue weighted by Crippen LogP contribution is 2.23. The van der Waals surface area contributed by atoms with Crippen LogP contribution in [0, 0.1) is 5.92 Å². The number of benzene rings is 1. The van der Waals surface area contributed by atoms with E-state index in [1.165, 1.54) is 19.3 Å². The van der Waals surface area contributed by atoms with Crippen LogP contribution >= 0.6 is 0 Å². The lowest BCUT2D eigenvalue weighted by molar-refractivity contribution is -0.126. The second kappa shape index (κ2) is 8.79. The first-order chi connectivity index (χ1) is 10.6. The molecule has 0 radical (unpaired) electrons. The van der Waals surface area contributed by atoms with Crippen LogP contribution in [0.1, 0.15) is 37.7 Å². The zero-order valence-corrected chi connectivity index (χ0v) is 13.9. The standard InChI is InChI=1S/C18H29N3O/c1-21(2)13-12-19-17-10-8-15(9-11-17)14-20-18(22)16-6-4-3-5-7-16/h8-11,16,19H,3-7,12-14H2,1-2H3,(H,20,22). The fourth-order valence-electron chi connectivity index (χ4n) is 2.86. The van der Waals surface area contributed by atoms with Crippen LogP contribution < -0.4 is 10.6 Å². The fraction of sp³-hybridized carbons (Fsp3) is 0.611. The molecule has 122 valence electrons. The Morgan fingerprint density at radius 3 is 2.45 bits per heavy atom. The lowest BCUT2D eigenvalue weighted by Crippen LogP contribution is -2.31. The quantitative estimate of drug-likeness (QED) is 0.814. The van der Waals surface area contributed by atoms with Crippen molar-refractivity contribution >= 4 is 11.6 Å². The van der Waals surface area contributed by atoms with Crippen LogP contribution in [-0.4, -0.2) is 38.0 Å². The molecule has 0 atom stereocenters. The fourth-order valence-corrected chi connectivity index (χ4v) is 2.86. The van der Waals surface area contributed by atoms with Gasteiger partial charge in [0.25, 0.3) is 0 Å². The van der Waals surface area contributed by atoms with Gasteiger partial charge < -0.3 is 15.5 Å². The normalized spacial score (nSPS) is 15.8. The van der Waals surface area contributed by atoms with Crippen LogP contribution in [0.5, 0.6) is 0 Å². The van der Waals surface area contributed by atoms with Gasteiger partial charge in [-0.25, -0.2) is 0 Å². The van der Waals surface area contributed by atoms with E-state index < -0.39 is 0 Å². The summed E-state index contributed by atoms with van der Waals surface area (Å²) in [5.41, 5.74) is 2.28. The highest BCUT2D eigenvalue weighted by molar-refractivity contribution is 5.78. The minimum atomic E-state index is 0.230. The van der Waals surface area contributed by atoms with Crippen LogP contribution in [0.3, 0.4) is 0 Å². The molecular formula is C18H29N3O. The average Bonchev–Trinajstić information content (AvgIpc) is 2.54. The number of hydrogen-bond donors (Lipinski definition) is 2. The minimum absolute atomic E-state index is 0.230. The van der Waals surface area contributed by atoms with Crippen LogP contribution in [0.15, 0.2) is 24.3 Å². The van der Waals surface area contributed by atoms with Gasteiger partial charge in [0.05, 0.1) is 0 Å². The molecular weight excluding hydrogens is 274 g/mol. The van der Waals surface area contributed by atoms with Gasteiger partial charge in [0.2, 0.25) is 5.91 Å². The van der Waals surface area contributed by atoms with E-state index in [1.54, 1.807) is 0 Å². The Labute approximate surface area is 134 Å². The number of anilines is 1. The number of hydrogen-bond acceptors (Lipinski definition) is 3. The number of carbonyl (C=O) groups excluding carboxylic acids is 1. The maximum absolute atomic E-state index is 12.1.